The van der Waals surface area contributed by atoms with Crippen LogP contribution in [0.25, 0.3) is 0 Å². The maximum absolute atomic E-state index is 12.7. The Morgan fingerprint density at radius 2 is 1.81 bits per heavy atom. The molecule has 0 atom stereocenters. The van der Waals surface area contributed by atoms with Gasteiger partial charge in [-0.25, -0.2) is 17.9 Å². The summed E-state index contributed by atoms with van der Waals surface area (Å²) in [6.45, 7) is 0. The van der Waals surface area contributed by atoms with Crippen molar-refractivity contribution in [3.63, 3.8) is 0 Å². The predicted molar refractivity (Wildman–Crippen MR) is 48.2 cm³/mol. The summed E-state index contributed by atoms with van der Waals surface area (Å²) >= 11 is 0. The van der Waals surface area contributed by atoms with Crippen LogP contribution >= 0.6 is 0 Å². The fourth-order valence-corrected chi connectivity index (χ4v) is 1.85. The first-order valence-corrected chi connectivity index (χ1v) is 5.67. The molecule has 3 nitrogen and oxygen atoms in total. The molecule has 16 heavy (non-hydrogen) atoms. The Morgan fingerprint density at radius 3 is 2.25 bits per heavy atom. The number of alkyl halides is 3. The topological polar surface area (TPSA) is 60.2 Å². The van der Waals surface area contributed by atoms with E-state index in [4.69, 9.17) is 0 Å². The van der Waals surface area contributed by atoms with Crippen molar-refractivity contribution in [1.82, 2.24) is 0 Å². The zero-order valence-corrected chi connectivity index (χ0v) is 8.57. The summed E-state index contributed by atoms with van der Waals surface area (Å²) in [5, 5.41) is 4.61. The number of benzene rings is 1. The molecular weight excluding hydrogens is 250 g/mol. The van der Waals surface area contributed by atoms with Gasteiger partial charge in [0.2, 0.25) is 10.0 Å². The third-order valence-electron chi connectivity index (χ3n) is 1.73. The maximum atomic E-state index is 12.7. The SMILES string of the molecule is NS(=O)(=O)Cc1cc(F)ccc1C(F)(F)F. The Hall–Kier alpha value is -1.15. The van der Waals surface area contributed by atoms with Gasteiger partial charge in [-0.15, -0.1) is 0 Å². The molecule has 0 aliphatic carbocycles. The number of hydrogen-bond acceptors (Lipinski definition) is 2. The van der Waals surface area contributed by atoms with E-state index < -0.39 is 38.9 Å². The van der Waals surface area contributed by atoms with Crippen LogP contribution < -0.4 is 5.14 Å². The van der Waals surface area contributed by atoms with Crippen molar-refractivity contribution in [1.29, 1.82) is 0 Å². The lowest BCUT2D eigenvalue weighted by Gasteiger charge is -2.11. The molecule has 1 aromatic rings. The first kappa shape index (κ1) is 12.9. The van der Waals surface area contributed by atoms with Gasteiger partial charge in [-0.05, 0) is 23.8 Å². The summed E-state index contributed by atoms with van der Waals surface area (Å²) in [5.74, 6) is -2.01. The molecule has 0 bridgehead atoms. The highest BCUT2D eigenvalue weighted by atomic mass is 32.2. The van der Waals surface area contributed by atoms with Crippen molar-refractivity contribution < 1.29 is 26.0 Å². The van der Waals surface area contributed by atoms with Crippen LogP contribution in [0.3, 0.4) is 0 Å². The van der Waals surface area contributed by atoms with Crippen LogP contribution in [0.15, 0.2) is 18.2 Å². The fraction of sp³-hybridized carbons (Fsp3) is 0.250. The van der Waals surface area contributed by atoms with Crippen LogP contribution in [0, 0.1) is 5.82 Å². The van der Waals surface area contributed by atoms with Crippen molar-refractivity contribution >= 4 is 10.0 Å². The predicted octanol–water partition coefficient (Wildman–Crippen LogP) is 1.63. The van der Waals surface area contributed by atoms with Crippen molar-refractivity contribution in [2.45, 2.75) is 11.9 Å². The van der Waals surface area contributed by atoms with Crippen molar-refractivity contribution in [2.75, 3.05) is 0 Å². The number of hydrogen-bond donors (Lipinski definition) is 1. The van der Waals surface area contributed by atoms with Gasteiger partial charge in [0, 0.05) is 0 Å². The van der Waals surface area contributed by atoms with Crippen LogP contribution in [-0.2, 0) is 22.0 Å². The molecule has 2 N–H and O–H groups in total. The molecule has 0 saturated carbocycles. The zero-order valence-electron chi connectivity index (χ0n) is 7.75. The average Bonchev–Trinajstić information content (AvgIpc) is 1.97. The highest BCUT2D eigenvalue weighted by Crippen LogP contribution is 2.32. The molecule has 0 aliphatic rings. The average molecular weight is 257 g/mol. The van der Waals surface area contributed by atoms with Gasteiger partial charge >= 0.3 is 6.18 Å². The molecule has 0 aromatic heterocycles. The minimum absolute atomic E-state index is 0.482. The van der Waals surface area contributed by atoms with E-state index in [1.807, 2.05) is 0 Å². The van der Waals surface area contributed by atoms with Crippen molar-refractivity contribution in [3.8, 4) is 0 Å². The number of rotatable bonds is 2. The summed E-state index contributed by atoms with van der Waals surface area (Å²) < 4.78 is 71.3. The smallest absolute Gasteiger partial charge is 0.228 e. The molecule has 0 heterocycles. The van der Waals surface area contributed by atoms with Gasteiger partial charge in [0.15, 0.2) is 0 Å². The van der Waals surface area contributed by atoms with Crippen molar-refractivity contribution in [3.05, 3.63) is 35.1 Å². The molecule has 0 spiro atoms. The molecule has 0 fully saturated rings. The fourth-order valence-electron chi connectivity index (χ4n) is 1.17. The quantitative estimate of drug-likeness (QED) is 0.818. The molecule has 0 saturated heterocycles. The first-order chi connectivity index (χ1) is 7.09. The van der Waals surface area contributed by atoms with Crippen LogP contribution in [0.4, 0.5) is 17.6 Å². The lowest BCUT2D eigenvalue weighted by Crippen LogP contribution is -2.18. The summed E-state index contributed by atoms with van der Waals surface area (Å²) in [5.41, 5.74) is -1.90. The normalized spacial score (nSPS) is 12.8. The monoisotopic (exact) mass is 257 g/mol. The number of sulfonamides is 1. The van der Waals surface area contributed by atoms with E-state index in [0.29, 0.717) is 18.2 Å². The third kappa shape index (κ3) is 3.46. The van der Waals surface area contributed by atoms with Crippen LogP contribution in [0.2, 0.25) is 0 Å². The molecule has 0 radical (unpaired) electrons. The Bertz CT molecular complexity index is 495. The Kier molecular flexibility index (Phi) is 3.25. The van der Waals surface area contributed by atoms with Crippen molar-refractivity contribution in [2.24, 2.45) is 5.14 Å². The minimum atomic E-state index is -4.74. The highest BCUT2D eigenvalue weighted by Gasteiger charge is 2.34. The van der Waals surface area contributed by atoms with E-state index in [2.05, 4.69) is 5.14 Å². The first-order valence-electron chi connectivity index (χ1n) is 3.96. The molecule has 90 valence electrons. The van der Waals surface area contributed by atoms with Gasteiger partial charge < -0.3 is 0 Å². The van der Waals surface area contributed by atoms with Gasteiger partial charge in [0.25, 0.3) is 0 Å². The molecular formula is C8H7F4NO2S. The standard InChI is InChI=1S/C8H7F4NO2S/c9-6-1-2-7(8(10,11)12)5(3-6)4-16(13,14)15/h1-3H,4H2,(H2,13,14,15). The van der Waals surface area contributed by atoms with E-state index in [9.17, 15) is 26.0 Å². The second-order valence-corrected chi connectivity index (χ2v) is 4.72. The molecule has 0 unspecified atom stereocenters. The minimum Gasteiger partial charge on any atom is -0.228 e. The lowest BCUT2D eigenvalue weighted by atomic mass is 10.1. The summed E-state index contributed by atoms with van der Waals surface area (Å²) in [4.78, 5) is 0. The second-order valence-electron chi connectivity index (χ2n) is 3.11. The Morgan fingerprint density at radius 1 is 1.25 bits per heavy atom. The van der Waals surface area contributed by atoms with Gasteiger partial charge in [0.05, 0.1) is 11.3 Å². The molecule has 0 aliphatic heterocycles. The van der Waals surface area contributed by atoms with Gasteiger partial charge in [0.1, 0.15) is 5.82 Å². The number of nitrogens with two attached hydrogens (primary N) is 1. The lowest BCUT2D eigenvalue weighted by molar-refractivity contribution is -0.138. The third-order valence-corrected chi connectivity index (χ3v) is 2.44. The van der Waals surface area contributed by atoms with E-state index >= 15 is 0 Å². The van der Waals surface area contributed by atoms with Gasteiger partial charge in [-0.3, -0.25) is 0 Å². The van der Waals surface area contributed by atoms with Gasteiger partial charge in [-0.2, -0.15) is 13.2 Å². The highest BCUT2D eigenvalue weighted by molar-refractivity contribution is 7.88. The number of halogens is 4. The molecule has 8 heteroatoms. The Labute approximate surface area is 88.9 Å². The number of primary sulfonamides is 1. The van der Waals surface area contributed by atoms with E-state index in [0.717, 1.165) is 0 Å². The van der Waals surface area contributed by atoms with Crippen LogP contribution in [0.1, 0.15) is 11.1 Å². The maximum Gasteiger partial charge on any atom is 0.416 e. The van der Waals surface area contributed by atoms with Crippen LogP contribution in [-0.4, -0.2) is 8.42 Å². The second kappa shape index (κ2) is 4.02. The summed E-state index contributed by atoms with van der Waals surface area (Å²) in [7, 11) is -4.14. The van der Waals surface area contributed by atoms with E-state index in [1.165, 1.54) is 0 Å². The molecule has 1 rings (SSSR count). The largest absolute Gasteiger partial charge is 0.416 e. The van der Waals surface area contributed by atoms with Crippen LogP contribution in [0.5, 0.6) is 0 Å². The van der Waals surface area contributed by atoms with E-state index in [-0.39, 0.29) is 0 Å². The zero-order chi connectivity index (χ0) is 12.6. The van der Waals surface area contributed by atoms with Gasteiger partial charge in [-0.1, -0.05) is 0 Å². The summed E-state index contributed by atoms with van der Waals surface area (Å²) in [6, 6.07) is 1.60. The molecule has 1 aromatic carbocycles. The molecule has 0 amide bonds. The van der Waals surface area contributed by atoms with E-state index in [1.54, 1.807) is 0 Å². The Balaban J connectivity index is 3.30. The summed E-state index contributed by atoms with van der Waals surface area (Å²) in [6.07, 6.45) is -4.74.